The Kier molecular flexibility index (Phi) is 3.73. The molecule has 0 radical (unpaired) electrons. The molecule has 2 aromatic rings. The van der Waals surface area contributed by atoms with Crippen molar-refractivity contribution in [2.75, 3.05) is 0 Å². The average Bonchev–Trinajstić information content (AvgIpc) is 2.83. The summed E-state index contributed by atoms with van der Waals surface area (Å²) < 4.78 is 1.07. The Morgan fingerprint density at radius 1 is 1.50 bits per heavy atom. The molecule has 0 aliphatic rings. The number of aromatic nitrogens is 1. The molecule has 0 saturated carbocycles. The number of halogens is 1. The van der Waals surface area contributed by atoms with E-state index < -0.39 is 5.97 Å². The highest BCUT2D eigenvalue weighted by atomic mass is 79.9. The summed E-state index contributed by atoms with van der Waals surface area (Å²) >= 11 is 6.58. The van der Waals surface area contributed by atoms with Crippen LogP contribution in [0, 0.1) is 0 Å². The summed E-state index contributed by atoms with van der Waals surface area (Å²) in [7, 11) is 0. The van der Waals surface area contributed by atoms with Crippen LogP contribution in [0.2, 0.25) is 0 Å². The number of hydrogen-bond acceptors (Lipinski definition) is 4. The second kappa shape index (κ2) is 5.07. The molecule has 0 aromatic carbocycles. The van der Waals surface area contributed by atoms with Crippen molar-refractivity contribution in [1.29, 1.82) is 0 Å². The van der Waals surface area contributed by atoms with Gasteiger partial charge in [-0.15, -0.1) is 22.7 Å². The van der Waals surface area contributed by atoms with E-state index in [0.29, 0.717) is 6.42 Å². The van der Waals surface area contributed by atoms with Gasteiger partial charge in [-0.3, -0.25) is 4.79 Å². The molecule has 0 fully saturated rings. The van der Waals surface area contributed by atoms with E-state index in [2.05, 4.69) is 20.9 Å². The van der Waals surface area contributed by atoms with Crippen LogP contribution in [0.15, 0.2) is 21.3 Å². The average molecular weight is 318 g/mol. The van der Waals surface area contributed by atoms with Gasteiger partial charge < -0.3 is 5.11 Å². The molecule has 0 amide bonds. The van der Waals surface area contributed by atoms with Gasteiger partial charge in [0.2, 0.25) is 0 Å². The van der Waals surface area contributed by atoms with Crippen molar-refractivity contribution < 1.29 is 9.90 Å². The van der Waals surface area contributed by atoms with Crippen LogP contribution in [0.3, 0.4) is 0 Å². The summed E-state index contributed by atoms with van der Waals surface area (Å²) in [6.07, 6.45) is 0.635. The minimum atomic E-state index is -0.784. The fraction of sp³-hybridized carbons (Fsp3) is 0.200. The van der Waals surface area contributed by atoms with Crippen molar-refractivity contribution >= 4 is 44.6 Å². The van der Waals surface area contributed by atoms with Crippen LogP contribution in [0.25, 0.3) is 9.88 Å². The maximum absolute atomic E-state index is 10.4. The van der Waals surface area contributed by atoms with E-state index in [4.69, 9.17) is 5.11 Å². The Morgan fingerprint density at radius 3 is 2.94 bits per heavy atom. The number of rotatable bonds is 4. The van der Waals surface area contributed by atoms with Crippen LogP contribution < -0.4 is 0 Å². The third-order valence-electron chi connectivity index (χ3n) is 1.93. The van der Waals surface area contributed by atoms with E-state index in [1.54, 1.807) is 22.7 Å². The maximum Gasteiger partial charge on any atom is 0.303 e. The summed E-state index contributed by atoms with van der Waals surface area (Å²) in [6.45, 7) is 0. The molecule has 84 valence electrons. The Bertz CT molecular complexity index is 506. The molecule has 0 aliphatic heterocycles. The van der Waals surface area contributed by atoms with Gasteiger partial charge in [0.25, 0.3) is 0 Å². The molecule has 16 heavy (non-hydrogen) atoms. The molecule has 0 unspecified atom stereocenters. The van der Waals surface area contributed by atoms with Gasteiger partial charge in [-0.2, -0.15) is 0 Å². The fourth-order valence-electron chi connectivity index (χ4n) is 1.20. The lowest BCUT2D eigenvalue weighted by molar-refractivity contribution is -0.136. The van der Waals surface area contributed by atoms with Gasteiger partial charge in [-0.25, -0.2) is 4.98 Å². The first-order chi connectivity index (χ1) is 7.65. The maximum atomic E-state index is 10.4. The Morgan fingerprint density at radius 2 is 2.31 bits per heavy atom. The fourth-order valence-corrected chi connectivity index (χ4v) is 3.51. The van der Waals surface area contributed by atoms with Gasteiger partial charge in [-0.1, -0.05) is 0 Å². The van der Waals surface area contributed by atoms with E-state index in [1.807, 2.05) is 17.5 Å². The molecular weight excluding hydrogens is 310 g/mol. The van der Waals surface area contributed by atoms with E-state index in [-0.39, 0.29) is 6.42 Å². The summed E-state index contributed by atoms with van der Waals surface area (Å²) in [5.41, 5.74) is 0.854. The van der Waals surface area contributed by atoms with Gasteiger partial charge in [0.15, 0.2) is 0 Å². The smallest absolute Gasteiger partial charge is 0.303 e. The lowest BCUT2D eigenvalue weighted by atomic mass is 10.2. The van der Waals surface area contributed by atoms with Crippen LogP contribution in [0.4, 0.5) is 0 Å². The first-order valence-corrected chi connectivity index (χ1v) is 7.06. The van der Waals surface area contributed by atoms with Crippen molar-refractivity contribution in [3.8, 4) is 9.88 Å². The van der Waals surface area contributed by atoms with Gasteiger partial charge in [0.1, 0.15) is 5.01 Å². The number of thiophene rings is 1. The van der Waals surface area contributed by atoms with Crippen molar-refractivity contribution in [1.82, 2.24) is 4.98 Å². The highest BCUT2D eigenvalue weighted by molar-refractivity contribution is 9.11. The van der Waals surface area contributed by atoms with E-state index in [0.717, 1.165) is 19.4 Å². The monoisotopic (exact) mass is 317 g/mol. The van der Waals surface area contributed by atoms with Crippen LogP contribution in [-0.4, -0.2) is 16.1 Å². The standard InChI is InChI=1S/C10H8BrNO2S2/c11-8-3-2-7(16-8)10-12-6(5-15-10)1-4-9(13)14/h2-3,5H,1,4H2,(H,13,14). The molecule has 1 N–H and O–H groups in total. The van der Waals surface area contributed by atoms with E-state index in [1.165, 1.54) is 0 Å². The predicted octanol–water partition coefficient (Wildman–Crippen LogP) is 3.65. The first kappa shape index (κ1) is 11.8. The van der Waals surface area contributed by atoms with E-state index in [9.17, 15) is 4.79 Å². The first-order valence-electron chi connectivity index (χ1n) is 4.57. The zero-order valence-corrected chi connectivity index (χ0v) is 11.4. The zero-order valence-electron chi connectivity index (χ0n) is 8.14. The molecule has 0 bridgehead atoms. The lowest BCUT2D eigenvalue weighted by Gasteiger charge is -1.91. The van der Waals surface area contributed by atoms with Crippen LogP contribution in [0.1, 0.15) is 12.1 Å². The largest absolute Gasteiger partial charge is 0.481 e. The quantitative estimate of drug-likeness (QED) is 0.936. The van der Waals surface area contributed by atoms with Crippen molar-refractivity contribution in [3.05, 3.63) is 27.0 Å². The number of carboxylic acids is 1. The number of hydrogen-bond donors (Lipinski definition) is 1. The zero-order chi connectivity index (χ0) is 11.5. The molecule has 3 nitrogen and oxygen atoms in total. The van der Waals surface area contributed by atoms with Crippen LogP contribution >= 0.6 is 38.6 Å². The second-order valence-corrected chi connectivity index (χ2v) is 6.46. The second-order valence-electron chi connectivity index (χ2n) is 3.14. The lowest BCUT2D eigenvalue weighted by Crippen LogP contribution is -1.97. The third kappa shape index (κ3) is 2.90. The van der Waals surface area contributed by atoms with Gasteiger partial charge >= 0.3 is 5.97 Å². The molecular formula is C10H8BrNO2S2. The molecule has 2 heterocycles. The molecule has 0 atom stereocenters. The number of carbonyl (C=O) groups is 1. The number of aryl methyl sites for hydroxylation is 1. The van der Waals surface area contributed by atoms with Crippen molar-refractivity contribution in [3.63, 3.8) is 0 Å². The minimum absolute atomic E-state index is 0.136. The molecule has 0 aliphatic carbocycles. The van der Waals surface area contributed by atoms with Crippen molar-refractivity contribution in [2.45, 2.75) is 12.8 Å². The molecule has 0 saturated heterocycles. The summed E-state index contributed by atoms with van der Waals surface area (Å²) in [5.74, 6) is -0.784. The molecule has 0 spiro atoms. The van der Waals surface area contributed by atoms with Crippen LogP contribution in [0.5, 0.6) is 0 Å². The molecule has 2 aromatic heterocycles. The normalized spacial score (nSPS) is 10.6. The van der Waals surface area contributed by atoms with Gasteiger partial charge in [-0.05, 0) is 28.1 Å². The van der Waals surface area contributed by atoms with Gasteiger partial charge in [0, 0.05) is 11.8 Å². The summed E-state index contributed by atoms with van der Waals surface area (Å²) in [4.78, 5) is 15.9. The number of thiazole rings is 1. The van der Waals surface area contributed by atoms with Crippen molar-refractivity contribution in [2.24, 2.45) is 0 Å². The molecule has 6 heteroatoms. The third-order valence-corrected chi connectivity index (χ3v) is 4.61. The highest BCUT2D eigenvalue weighted by Crippen LogP contribution is 2.33. The SMILES string of the molecule is O=C(O)CCc1csc(-c2ccc(Br)s2)n1. The highest BCUT2D eigenvalue weighted by Gasteiger charge is 2.08. The van der Waals surface area contributed by atoms with E-state index >= 15 is 0 Å². The Labute approximate surface area is 109 Å². The predicted molar refractivity (Wildman–Crippen MR) is 69.1 cm³/mol. The summed E-state index contributed by atoms with van der Waals surface area (Å²) in [6, 6.07) is 3.99. The summed E-state index contributed by atoms with van der Waals surface area (Å²) in [5, 5.41) is 11.5. The minimum Gasteiger partial charge on any atom is -0.481 e. The molecule has 2 rings (SSSR count). The van der Waals surface area contributed by atoms with Crippen LogP contribution in [-0.2, 0) is 11.2 Å². The van der Waals surface area contributed by atoms with Gasteiger partial charge in [0.05, 0.1) is 20.8 Å². The number of nitrogens with zero attached hydrogens (tertiary/aromatic N) is 1. The Balaban J connectivity index is 2.10. The number of carboxylic acid groups (broad SMARTS) is 1. The number of aliphatic carboxylic acids is 1. The topological polar surface area (TPSA) is 50.2 Å². The Hall–Kier alpha value is -0.720.